The Kier molecular flexibility index (Phi) is 10.5. The van der Waals surface area contributed by atoms with Gasteiger partial charge in [-0.15, -0.1) is 0 Å². The summed E-state index contributed by atoms with van der Waals surface area (Å²) in [6.07, 6.45) is 5.34. The SMILES string of the molecule is C=CC(=O)Nc1cc(Nc2ncc(Cl)c(Nc3cccc4c3N(S(C)(=O)=O)CCC4)n2)c(OC)cc1N(C)CCN1CCOCC1. The second kappa shape index (κ2) is 14.5. The van der Waals surface area contributed by atoms with Gasteiger partial charge in [0.15, 0.2) is 5.82 Å². The number of rotatable bonds is 12. The Morgan fingerprint density at radius 2 is 1.96 bits per heavy atom. The van der Waals surface area contributed by atoms with Gasteiger partial charge in [-0.25, -0.2) is 13.4 Å². The smallest absolute Gasteiger partial charge is 0.247 e. The normalized spacial score (nSPS) is 15.1. The Morgan fingerprint density at radius 3 is 2.67 bits per heavy atom. The molecule has 46 heavy (non-hydrogen) atoms. The molecule has 0 spiro atoms. The molecule has 13 nitrogen and oxygen atoms in total. The van der Waals surface area contributed by atoms with E-state index in [4.69, 9.17) is 21.1 Å². The van der Waals surface area contributed by atoms with E-state index in [1.165, 1.54) is 22.8 Å². The minimum absolute atomic E-state index is 0.199. The Morgan fingerprint density at radius 1 is 1.17 bits per heavy atom. The van der Waals surface area contributed by atoms with E-state index >= 15 is 0 Å². The molecule has 0 aliphatic carbocycles. The largest absolute Gasteiger partial charge is 0.494 e. The van der Waals surface area contributed by atoms with Crippen molar-refractivity contribution in [2.45, 2.75) is 12.8 Å². The highest BCUT2D eigenvalue weighted by molar-refractivity contribution is 7.92. The van der Waals surface area contributed by atoms with Crippen LogP contribution in [0.15, 0.2) is 49.2 Å². The molecule has 3 N–H and O–H groups in total. The second-order valence-corrected chi connectivity index (χ2v) is 13.3. The molecule has 2 aliphatic heterocycles. The molecule has 1 saturated heterocycles. The van der Waals surface area contributed by atoms with Crippen LogP contribution in [0.2, 0.25) is 5.02 Å². The van der Waals surface area contributed by atoms with E-state index in [9.17, 15) is 13.2 Å². The number of sulfonamides is 1. The monoisotopic (exact) mass is 670 g/mol. The molecule has 0 unspecified atom stereocenters. The number of methoxy groups -OCH3 is 1. The lowest BCUT2D eigenvalue weighted by Crippen LogP contribution is -2.40. The maximum absolute atomic E-state index is 12.6. The summed E-state index contributed by atoms with van der Waals surface area (Å²) in [7, 11) is 0.0145. The van der Waals surface area contributed by atoms with Crippen LogP contribution < -0.4 is 29.9 Å². The van der Waals surface area contributed by atoms with Crippen LogP contribution in [0.5, 0.6) is 5.75 Å². The Balaban J connectivity index is 1.43. The molecule has 2 aliphatic rings. The van der Waals surface area contributed by atoms with Gasteiger partial charge in [-0.3, -0.25) is 14.0 Å². The molecule has 246 valence electrons. The van der Waals surface area contributed by atoms with E-state index in [0.717, 1.165) is 56.9 Å². The summed E-state index contributed by atoms with van der Waals surface area (Å²) in [4.78, 5) is 25.8. The summed E-state index contributed by atoms with van der Waals surface area (Å²) in [5.41, 5.74) is 3.86. The first-order valence-electron chi connectivity index (χ1n) is 14.9. The Hall–Kier alpha value is -4.11. The van der Waals surface area contributed by atoms with E-state index in [2.05, 4.69) is 42.3 Å². The van der Waals surface area contributed by atoms with Gasteiger partial charge >= 0.3 is 0 Å². The fourth-order valence-electron chi connectivity index (χ4n) is 5.48. The average molecular weight is 671 g/mol. The number of aromatic nitrogens is 2. The molecular weight excluding hydrogens is 632 g/mol. The first kappa shape index (κ1) is 33.3. The summed E-state index contributed by atoms with van der Waals surface area (Å²) in [5.74, 6) is 0.621. The summed E-state index contributed by atoms with van der Waals surface area (Å²) in [6, 6.07) is 9.17. The maximum Gasteiger partial charge on any atom is 0.247 e. The highest BCUT2D eigenvalue weighted by Crippen LogP contribution is 2.40. The number of benzene rings is 2. The van der Waals surface area contributed by atoms with Crippen molar-refractivity contribution in [1.29, 1.82) is 0 Å². The third-order valence-corrected chi connectivity index (χ3v) is 9.29. The van der Waals surface area contributed by atoms with Gasteiger partial charge in [0.1, 0.15) is 10.8 Å². The van der Waals surface area contributed by atoms with Gasteiger partial charge in [-0.05, 0) is 36.6 Å². The number of para-hydroxylation sites is 1. The average Bonchev–Trinajstić information content (AvgIpc) is 3.05. The molecule has 0 bridgehead atoms. The third-order valence-electron chi connectivity index (χ3n) is 7.85. The minimum Gasteiger partial charge on any atom is -0.494 e. The second-order valence-electron chi connectivity index (χ2n) is 11.0. The van der Waals surface area contributed by atoms with E-state index in [-0.39, 0.29) is 22.7 Å². The lowest BCUT2D eigenvalue weighted by atomic mass is 10.0. The number of aryl methyl sites for hydroxylation is 1. The molecule has 1 aromatic heterocycles. The van der Waals surface area contributed by atoms with Crippen LogP contribution in [0.3, 0.4) is 0 Å². The highest BCUT2D eigenvalue weighted by atomic mass is 35.5. The van der Waals surface area contributed by atoms with Crippen molar-refractivity contribution in [1.82, 2.24) is 14.9 Å². The fourth-order valence-corrected chi connectivity index (χ4v) is 6.63. The zero-order valence-corrected chi connectivity index (χ0v) is 27.7. The number of nitrogens with zero attached hydrogens (tertiary/aromatic N) is 5. The first-order valence-corrected chi connectivity index (χ1v) is 17.1. The van der Waals surface area contributed by atoms with Gasteiger partial charge in [0.25, 0.3) is 0 Å². The standard InChI is InChI=1S/C31H39ClN8O5S/c1-5-28(41)34-24-18-25(27(44-3)19-26(24)38(2)12-13-39-14-16-45-17-15-39)36-31-33-20-22(32)30(37-31)35-23-10-6-8-21-9-7-11-40(29(21)23)46(4,42)43/h5-6,8,10,18-20H,1,7,9,11-17H2,2-4H3,(H,34,41)(H2,33,35,36,37). The Labute approximate surface area is 274 Å². The lowest BCUT2D eigenvalue weighted by molar-refractivity contribution is -0.111. The number of carbonyl (C=O) groups is 1. The number of morpholine rings is 1. The van der Waals surface area contributed by atoms with Gasteiger partial charge in [0.2, 0.25) is 21.9 Å². The molecule has 1 amide bonds. The van der Waals surface area contributed by atoms with Gasteiger partial charge in [-0.1, -0.05) is 30.3 Å². The number of nitrogens with one attached hydrogen (secondary N) is 3. The maximum atomic E-state index is 12.6. The molecule has 15 heteroatoms. The molecule has 2 aromatic carbocycles. The molecule has 0 radical (unpaired) electrons. The van der Waals surface area contributed by atoms with E-state index in [1.807, 2.05) is 25.2 Å². The number of carbonyl (C=O) groups excluding carboxylic acids is 1. The van der Waals surface area contributed by atoms with Crippen molar-refractivity contribution in [2.75, 3.05) is 91.5 Å². The van der Waals surface area contributed by atoms with Crippen LogP contribution in [-0.4, -0.2) is 95.5 Å². The first-order chi connectivity index (χ1) is 22.1. The minimum atomic E-state index is -3.50. The predicted octanol–water partition coefficient (Wildman–Crippen LogP) is 4.23. The van der Waals surface area contributed by atoms with Gasteiger partial charge in [0, 0.05) is 45.8 Å². The van der Waals surface area contributed by atoms with Crippen molar-refractivity contribution < 1.29 is 22.7 Å². The summed E-state index contributed by atoms with van der Waals surface area (Å²) < 4.78 is 37.8. The van der Waals surface area contributed by atoms with Crippen LogP contribution in [0.1, 0.15) is 12.0 Å². The molecule has 3 aromatic rings. The van der Waals surface area contributed by atoms with Crippen molar-refractivity contribution in [2.24, 2.45) is 0 Å². The van der Waals surface area contributed by atoms with E-state index in [0.29, 0.717) is 41.6 Å². The molecule has 3 heterocycles. The van der Waals surface area contributed by atoms with Crippen molar-refractivity contribution in [3.8, 4) is 5.75 Å². The number of hydrogen-bond acceptors (Lipinski definition) is 11. The number of amides is 1. The van der Waals surface area contributed by atoms with Crippen LogP contribution in [-0.2, 0) is 26.0 Å². The quantitative estimate of drug-likeness (QED) is 0.238. The van der Waals surface area contributed by atoms with Crippen LogP contribution in [0, 0.1) is 0 Å². The lowest BCUT2D eigenvalue weighted by Gasteiger charge is -2.31. The predicted molar refractivity (Wildman–Crippen MR) is 183 cm³/mol. The van der Waals surface area contributed by atoms with Crippen molar-refractivity contribution in [3.63, 3.8) is 0 Å². The zero-order valence-electron chi connectivity index (χ0n) is 26.2. The van der Waals surface area contributed by atoms with Gasteiger partial charge < -0.3 is 30.3 Å². The molecule has 1 fully saturated rings. The zero-order chi connectivity index (χ0) is 32.8. The van der Waals surface area contributed by atoms with Gasteiger partial charge in [-0.2, -0.15) is 4.98 Å². The van der Waals surface area contributed by atoms with Crippen LogP contribution >= 0.6 is 11.6 Å². The van der Waals surface area contributed by atoms with E-state index in [1.54, 1.807) is 19.2 Å². The summed E-state index contributed by atoms with van der Waals surface area (Å²) in [5, 5.41) is 9.55. The number of hydrogen-bond donors (Lipinski definition) is 3. The number of ether oxygens (including phenoxy) is 2. The fraction of sp³-hybridized carbons (Fsp3) is 0.387. The third kappa shape index (κ3) is 7.81. The van der Waals surface area contributed by atoms with Crippen LogP contribution in [0.25, 0.3) is 0 Å². The highest BCUT2D eigenvalue weighted by Gasteiger charge is 2.27. The number of fused-ring (bicyclic) bond motifs is 1. The van der Waals surface area contributed by atoms with Gasteiger partial charge in [0.05, 0.1) is 61.2 Å². The molecule has 5 rings (SSSR count). The van der Waals surface area contributed by atoms with Crippen molar-refractivity contribution >= 4 is 67.7 Å². The molecule has 0 atom stereocenters. The molecular formula is C31H39ClN8O5S. The van der Waals surface area contributed by atoms with Crippen LogP contribution in [0.4, 0.5) is 40.2 Å². The number of halogens is 1. The summed E-state index contributed by atoms with van der Waals surface area (Å²) >= 11 is 6.51. The van der Waals surface area contributed by atoms with E-state index < -0.39 is 10.0 Å². The summed E-state index contributed by atoms with van der Waals surface area (Å²) in [6.45, 7) is 8.70. The van der Waals surface area contributed by atoms with Crippen molar-refractivity contribution in [3.05, 3.63) is 59.8 Å². The number of likely N-dealkylation sites (N-methyl/N-ethyl adjacent to an activating group) is 1. The molecule has 0 saturated carbocycles. The topological polar surface area (TPSA) is 141 Å². The Bertz CT molecular complexity index is 1700. The number of anilines is 7.